The van der Waals surface area contributed by atoms with Gasteiger partial charge in [-0.15, -0.1) is 0 Å². The third-order valence-corrected chi connectivity index (χ3v) is 4.20. The Morgan fingerprint density at radius 2 is 1.96 bits per heavy atom. The predicted molar refractivity (Wildman–Crippen MR) is 90.4 cm³/mol. The highest BCUT2D eigenvalue weighted by Crippen LogP contribution is 2.12. The molecule has 0 aliphatic heterocycles. The summed E-state index contributed by atoms with van der Waals surface area (Å²) in [6.45, 7) is 0.431. The van der Waals surface area contributed by atoms with Crippen LogP contribution in [0.15, 0.2) is 53.4 Å². The van der Waals surface area contributed by atoms with Crippen LogP contribution in [0.25, 0.3) is 0 Å². The van der Waals surface area contributed by atoms with Crippen LogP contribution in [0.5, 0.6) is 0 Å². The second-order valence-corrected chi connectivity index (χ2v) is 6.46. The largest absolute Gasteiger partial charge is 0.323 e. The molecular formula is C17H17N3O2S. The lowest BCUT2D eigenvalue weighted by Crippen LogP contribution is -2.30. The highest BCUT2D eigenvalue weighted by atomic mass is 32.2. The number of carbonyl (C=O) groups excluding carboxylic acids is 1. The molecule has 6 heteroatoms. The maximum atomic E-state index is 12.2. The summed E-state index contributed by atoms with van der Waals surface area (Å²) >= 11 is 0. The van der Waals surface area contributed by atoms with Gasteiger partial charge < -0.3 is 10.2 Å². The van der Waals surface area contributed by atoms with Gasteiger partial charge >= 0.3 is 6.03 Å². The maximum absolute atomic E-state index is 12.2. The molecule has 2 aromatic carbocycles. The minimum atomic E-state index is -1.01. The average Bonchev–Trinajstić information content (AvgIpc) is 2.55. The monoisotopic (exact) mass is 327 g/mol. The van der Waals surface area contributed by atoms with Crippen LogP contribution < -0.4 is 5.32 Å². The lowest BCUT2D eigenvalue weighted by Gasteiger charge is -2.18. The van der Waals surface area contributed by atoms with Gasteiger partial charge in [0.1, 0.15) is 0 Å². The lowest BCUT2D eigenvalue weighted by molar-refractivity contribution is 0.220. The van der Waals surface area contributed by atoms with E-state index >= 15 is 0 Å². The summed E-state index contributed by atoms with van der Waals surface area (Å²) in [7, 11) is 0.682. The normalized spacial score (nSPS) is 11.3. The number of carbonyl (C=O) groups is 1. The van der Waals surface area contributed by atoms with Crippen LogP contribution in [-0.2, 0) is 17.3 Å². The second kappa shape index (κ2) is 7.56. The number of anilines is 1. The zero-order valence-electron chi connectivity index (χ0n) is 12.9. The molecule has 0 aliphatic carbocycles. The molecule has 0 bridgehead atoms. The summed E-state index contributed by atoms with van der Waals surface area (Å²) in [4.78, 5) is 14.5. The molecule has 0 saturated heterocycles. The molecule has 5 nitrogen and oxygen atoms in total. The summed E-state index contributed by atoms with van der Waals surface area (Å²) in [5, 5.41) is 11.6. The number of nitrogens with zero attached hydrogens (tertiary/aromatic N) is 2. The molecule has 1 atom stereocenters. The van der Waals surface area contributed by atoms with Crippen LogP contribution >= 0.6 is 0 Å². The van der Waals surface area contributed by atoms with Crippen molar-refractivity contribution in [3.05, 3.63) is 59.7 Å². The number of nitrogens with one attached hydrogen (secondary N) is 1. The van der Waals surface area contributed by atoms with Crippen molar-refractivity contribution in [1.82, 2.24) is 4.90 Å². The molecular weight excluding hydrogens is 310 g/mol. The van der Waals surface area contributed by atoms with Crippen molar-refractivity contribution >= 4 is 22.5 Å². The van der Waals surface area contributed by atoms with Crippen molar-refractivity contribution < 1.29 is 9.00 Å². The number of urea groups is 1. The SMILES string of the molecule is CN(Cc1ccc([S@@](C)=O)cc1)C(=O)Nc1cccc(C#N)c1. The van der Waals surface area contributed by atoms with E-state index in [4.69, 9.17) is 5.26 Å². The van der Waals surface area contributed by atoms with Gasteiger partial charge in [-0.3, -0.25) is 4.21 Å². The number of nitriles is 1. The number of benzene rings is 2. The summed E-state index contributed by atoms with van der Waals surface area (Å²) in [6, 6.07) is 15.8. The maximum Gasteiger partial charge on any atom is 0.321 e. The van der Waals surface area contributed by atoms with Crippen LogP contribution in [-0.4, -0.2) is 28.4 Å². The van der Waals surface area contributed by atoms with E-state index in [2.05, 4.69) is 5.32 Å². The van der Waals surface area contributed by atoms with E-state index in [1.807, 2.05) is 18.2 Å². The third kappa shape index (κ3) is 4.66. The number of hydrogen-bond donors (Lipinski definition) is 1. The molecule has 0 heterocycles. The van der Waals surface area contributed by atoms with Crippen LogP contribution in [0.3, 0.4) is 0 Å². The Morgan fingerprint density at radius 3 is 2.57 bits per heavy atom. The molecule has 2 aromatic rings. The van der Waals surface area contributed by atoms with Crippen molar-refractivity contribution in [2.45, 2.75) is 11.4 Å². The Morgan fingerprint density at radius 1 is 1.26 bits per heavy atom. The first-order valence-electron chi connectivity index (χ1n) is 6.94. The van der Waals surface area contributed by atoms with E-state index in [-0.39, 0.29) is 6.03 Å². The lowest BCUT2D eigenvalue weighted by atomic mass is 10.2. The minimum absolute atomic E-state index is 0.261. The van der Waals surface area contributed by atoms with Gasteiger partial charge in [0, 0.05) is 41.2 Å². The predicted octanol–water partition coefficient (Wildman–Crippen LogP) is 2.96. The van der Waals surface area contributed by atoms with Crippen molar-refractivity contribution in [3.63, 3.8) is 0 Å². The Kier molecular flexibility index (Phi) is 5.50. The number of rotatable bonds is 4. The van der Waals surface area contributed by atoms with Crippen molar-refractivity contribution in [3.8, 4) is 6.07 Å². The quantitative estimate of drug-likeness (QED) is 0.938. The molecule has 0 radical (unpaired) electrons. The van der Waals surface area contributed by atoms with Crippen LogP contribution in [0, 0.1) is 11.3 Å². The van der Waals surface area contributed by atoms with Gasteiger partial charge in [-0.25, -0.2) is 4.79 Å². The van der Waals surface area contributed by atoms with Gasteiger partial charge in [0.05, 0.1) is 11.6 Å². The fourth-order valence-corrected chi connectivity index (χ4v) is 2.54. The topological polar surface area (TPSA) is 73.2 Å². The molecule has 0 aliphatic rings. The summed E-state index contributed by atoms with van der Waals surface area (Å²) in [6.07, 6.45) is 1.63. The molecule has 2 amide bonds. The molecule has 118 valence electrons. The Balaban J connectivity index is 1.99. The molecule has 0 saturated carbocycles. The first-order chi connectivity index (χ1) is 11.0. The van der Waals surface area contributed by atoms with E-state index in [9.17, 15) is 9.00 Å². The van der Waals surface area contributed by atoms with Crippen LogP contribution in [0.2, 0.25) is 0 Å². The van der Waals surface area contributed by atoms with Gasteiger partial charge in [-0.1, -0.05) is 18.2 Å². The van der Waals surface area contributed by atoms with Crippen LogP contribution in [0.1, 0.15) is 11.1 Å². The summed E-state index contributed by atoms with van der Waals surface area (Å²) < 4.78 is 11.4. The fourth-order valence-electron chi connectivity index (χ4n) is 2.02. The Hall–Kier alpha value is -2.65. The van der Waals surface area contributed by atoms with Crippen LogP contribution in [0.4, 0.5) is 10.5 Å². The van der Waals surface area contributed by atoms with E-state index in [1.54, 1.807) is 49.7 Å². The zero-order chi connectivity index (χ0) is 16.8. The van der Waals surface area contributed by atoms with Crippen molar-refractivity contribution in [2.24, 2.45) is 0 Å². The zero-order valence-corrected chi connectivity index (χ0v) is 13.8. The molecule has 1 N–H and O–H groups in total. The molecule has 23 heavy (non-hydrogen) atoms. The Labute approximate surface area is 138 Å². The Bertz CT molecular complexity index is 766. The second-order valence-electron chi connectivity index (χ2n) is 5.08. The molecule has 0 fully saturated rings. The molecule has 0 aromatic heterocycles. The molecule has 2 rings (SSSR count). The average molecular weight is 327 g/mol. The highest BCUT2D eigenvalue weighted by Gasteiger charge is 2.10. The van der Waals surface area contributed by atoms with Gasteiger partial charge in [-0.05, 0) is 35.9 Å². The minimum Gasteiger partial charge on any atom is -0.323 e. The standard InChI is InChI=1S/C17H17N3O2S/c1-20(12-13-6-8-16(9-7-13)23(2)22)17(21)19-15-5-3-4-14(10-15)11-18/h3-10H,12H2,1-2H3,(H,19,21)/t23-/m1/s1. The smallest absolute Gasteiger partial charge is 0.321 e. The van der Waals surface area contributed by atoms with E-state index < -0.39 is 10.8 Å². The van der Waals surface area contributed by atoms with E-state index in [0.717, 1.165) is 10.5 Å². The van der Waals surface area contributed by atoms with Gasteiger partial charge in [0.25, 0.3) is 0 Å². The first-order valence-corrected chi connectivity index (χ1v) is 8.50. The number of hydrogen-bond acceptors (Lipinski definition) is 3. The van der Waals surface area contributed by atoms with Gasteiger partial charge in [0.2, 0.25) is 0 Å². The fraction of sp³-hybridized carbons (Fsp3) is 0.176. The first kappa shape index (κ1) is 16.7. The van der Waals surface area contributed by atoms with Gasteiger partial charge in [-0.2, -0.15) is 5.26 Å². The highest BCUT2D eigenvalue weighted by molar-refractivity contribution is 7.84. The van der Waals surface area contributed by atoms with E-state index in [0.29, 0.717) is 17.8 Å². The number of amides is 2. The molecule has 0 spiro atoms. The van der Waals surface area contributed by atoms with Crippen molar-refractivity contribution in [2.75, 3.05) is 18.6 Å². The third-order valence-electron chi connectivity index (χ3n) is 3.26. The molecule has 0 unspecified atom stereocenters. The van der Waals surface area contributed by atoms with E-state index in [1.165, 1.54) is 4.90 Å². The van der Waals surface area contributed by atoms with Crippen molar-refractivity contribution in [1.29, 1.82) is 5.26 Å². The summed E-state index contributed by atoms with van der Waals surface area (Å²) in [5.74, 6) is 0. The summed E-state index contributed by atoms with van der Waals surface area (Å²) in [5.41, 5.74) is 2.02. The van der Waals surface area contributed by atoms with Gasteiger partial charge in [0.15, 0.2) is 0 Å².